The molecule has 0 amide bonds. The third-order valence-corrected chi connectivity index (χ3v) is 3.32. The summed E-state index contributed by atoms with van der Waals surface area (Å²) in [5.74, 6) is 1.10. The van der Waals surface area contributed by atoms with E-state index in [4.69, 9.17) is 9.47 Å². The number of benzene rings is 1. The van der Waals surface area contributed by atoms with Crippen LogP contribution in [0.15, 0.2) is 18.2 Å². The van der Waals surface area contributed by atoms with E-state index in [-0.39, 0.29) is 0 Å². The molecular weight excluding hydrogens is 268 g/mol. The lowest BCUT2D eigenvalue weighted by atomic mass is 9.84. The van der Waals surface area contributed by atoms with Crippen LogP contribution >= 0.6 is 0 Å². The van der Waals surface area contributed by atoms with Crippen molar-refractivity contribution in [2.45, 2.75) is 45.8 Å². The van der Waals surface area contributed by atoms with Gasteiger partial charge < -0.3 is 14.6 Å². The zero-order chi connectivity index (χ0) is 15.8. The summed E-state index contributed by atoms with van der Waals surface area (Å²) in [5, 5.41) is 10.5. The maximum absolute atomic E-state index is 11.2. The third kappa shape index (κ3) is 3.10. The van der Waals surface area contributed by atoms with Crippen molar-refractivity contribution in [2.75, 3.05) is 6.61 Å². The van der Waals surface area contributed by atoms with Gasteiger partial charge in [-0.15, -0.1) is 0 Å². The molecule has 21 heavy (non-hydrogen) atoms. The second-order valence-electron chi connectivity index (χ2n) is 6.27. The Hall–Kier alpha value is -1.81. The number of hydrogen-bond acceptors (Lipinski definition) is 4. The molecule has 0 atom stereocenters. The summed E-state index contributed by atoms with van der Waals surface area (Å²) in [5.41, 5.74) is 0.335. The fraction of sp³-hybridized carbons (Fsp3) is 0.471. The van der Waals surface area contributed by atoms with Crippen LogP contribution in [-0.2, 0) is 0 Å². The van der Waals surface area contributed by atoms with E-state index in [0.29, 0.717) is 29.2 Å². The summed E-state index contributed by atoms with van der Waals surface area (Å²) in [6.07, 6.45) is 2.66. The second-order valence-corrected chi connectivity index (χ2v) is 6.27. The summed E-state index contributed by atoms with van der Waals surface area (Å²) < 4.78 is 11.6. The number of rotatable bonds is 4. The van der Waals surface area contributed by atoms with Crippen molar-refractivity contribution in [1.82, 2.24) is 0 Å². The van der Waals surface area contributed by atoms with Gasteiger partial charge in [0, 0.05) is 11.1 Å². The van der Waals surface area contributed by atoms with Crippen LogP contribution in [0.3, 0.4) is 0 Å². The largest absolute Gasteiger partial charge is 0.490 e. The lowest BCUT2D eigenvalue weighted by Gasteiger charge is -2.36. The Bertz CT molecular complexity index is 592. The molecule has 1 aromatic rings. The number of fused-ring (bicyclic) bond motifs is 1. The van der Waals surface area contributed by atoms with E-state index in [2.05, 4.69) is 0 Å². The summed E-state index contributed by atoms with van der Waals surface area (Å²) in [6, 6.07) is 3.39. The van der Waals surface area contributed by atoms with Gasteiger partial charge in [-0.05, 0) is 58.4 Å². The fourth-order valence-electron chi connectivity index (χ4n) is 2.48. The number of aliphatic hydroxyl groups is 1. The monoisotopic (exact) mass is 290 g/mol. The fourth-order valence-corrected chi connectivity index (χ4v) is 2.48. The molecule has 1 aliphatic rings. The highest BCUT2D eigenvalue weighted by molar-refractivity contribution is 5.85. The van der Waals surface area contributed by atoms with Crippen LogP contribution < -0.4 is 9.47 Å². The van der Waals surface area contributed by atoms with Gasteiger partial charge in [-0.3, -0.25) is 4.79 Å². The van der Waals surface area contributed by atoms with Crippen LogP contribution in [-0.4, -0.2) is 29.2 Å². The van der Waals surface area contributed by atoms with Crippen molar-refractivity contribution in [1.29, 1.82) is 0 Å². The molecule has 0 unspecified atom stereocenters. The molecule has 4 heteroatoms. The van der Waals surface area contributed by atoms with Crippen LogP contribution in [0.2, 0.25) is 0 Å². The van der Waals surface area contributed by atoms with Crippen molar-refractivity contribution in [2.24, 2.45) is 0 Å². The molecule has 1 aliphatic heterocycles. The highest BCUT2D eigenvalue weighted by Gasteiger charge is 2.35. The number of carbonyl (C=O) groups excluding carboxylic acids is 1. The molecule has 1 heterocycles. The van der Waals surface area contributed by atoms with Gasteiger partial charge in [0.1, 0.15) is 11.9 Å². The quantitative estimate of drug-likeness (QED) is 0.865. The molecule has 0 saturated heterocycles. The maximum Gasteiger partial charge on any atom is 0.170 e. The average molecular weight is 290 g/mol. The topological polar surface area (TPSA) is 55.8 Å². The van der Waals surface area contributed by atoms with E-state index < -0.39 is 11.2 Å². The predicted molar refractivity (Wildman–Crippen MR) is 82.0 cm³/mol. The molecular formula is C17H22O4. The zero-order valence-electron chi connectivity index (χ0n) is 13.2. The predicted octanol–water partition coefficient (Wildman–Crippen LogP) is 3.22. The summed E-state index contributed by atoms with van der Waals surface area (Å²) in [7, 11) is 0. The van der Waals surface area contributed by atoms with Crippen molar-refractivity contribution < 1.29 is 19.4 Å². The zero-order valence-corrected chi connectivity index (χ0v) is 13.2. The second kappa shape index (κ2) is 5.19. The van der Waals surface area contributed by atoms with Crippen molar-refractivity contribution in [3.05, 3.63) is 29.3 Å². The molecule has 1 N–H and O–H groups in total. The average Bonchev–Trinajstić information content (AvgIpc) is 2.36. The lowest BCUT2D eigenvalue weighted by molar-refractivity contribution is 0.112. The number of aldehydes is 1. The minimum atomic E-state index is -1.04. The Morgan fingerprint density at radius 1 is 1.38 bits per heavy atom. The molecule has 1 aromatic carbocycles. The molecule has 0 aliphatic carbocycles. The molecule has 0 saturated carbocycles. The number of carbonyl (C=O) groups is 1. The highest BCUT2D eigenvalue weighted by atomic mass is 16.5. The minimum Gasteiger partial charge on any atom is -0.490 e. The van der Waals surface area contributed by atoms with Crippen LogP contribution in [0, 0.1) is 0 Å². The first-order chi connectivity index (χ1) is 9.68. The Morgan fingerprint density at radius 2 is 2.05 bits per heavy atom. The van der Waals surface area contributed by atoms with E-state index in [1.165, 1.54) is 0 Å². The molecule has 0 radical (unpaired) electrons. The van der Waals surface area contributed by atoms with Crippen molar-refractivity contribution >= 4 is 11.9 Å². The first kappa shape index (κ1) is 15.6. The molecule has 114 valence electrons. The van der Waals surface area contributed by atoms with Gasteiger partial charge in [-0.2, -0.15) is 0 Å². The van der Waals surface area contributed by atoms with Crippen LogP contribution in [0.5, 0.6) is 11.5 Å². The molecule has 0 spiro atoms. The summed E-state index contributed by atoms with van der Waals surface area (Å²) in [6.45, 7) is 9.63. The first-order valence-electron chi connectivity index (χ1n) is 7.09. The van der Waals surface area contributed by atoms with Crippen LogP contribution in [0.1, 0.15) is 50.5 Å². The summed E-state index contributed by atoms with van der Waals surface area (Å²) in [4.78, 5) is 11.2. The van der Waals surface area contributed by atoms with E-state index >= 15 is 0 Å². The van der Waals surface area contributed by atoms with E-state index in [1.54, 1.807) is 26.0 Å². The van der Waals surface area contributed by atoms with E-state index in [0.717, 1.165) is 11.9 Å². The summed E-state index contributed by atoms with van der Waals surface area (Å²) >= 11 is 0. The van der Waals surface area contributed by atoms with Crippen LogP contribution in [0.25, 0.3) is 5.57 Å². The van der Waals surface area contributed by atoms with Gasteiger partial charge in [0.15, 0.2) is 11.5 Å². The van der Waals surface area contributed by atoms with Crippen LogP contribution in [0.4, 0.5) is 0 Å². The van der Waals surface area contributed by atoms with Gasteiger partial charge in [0.2, 0.25) is 0 Å². The Morgan fingerprint density at radius 3 is 2.57 bits per heavy atom. The van der Waals surface area contributed by atoms with Gasteiger partial charge >= 0.3 is 0 Å². The molecule has 0 aromatic heterocycles. The minimum absolute atomic E-state index is 0.472. The molecule has 4 nitrogen and oxygen atoms in total. The van der Waals surface area contributed by atoms with Gasteiger partial charge in [-0.25, -0.2) is 0 Å². The van der Waals surface area contributed by atoms with Gasteiger partial charge in [0.05, 0.1) is 12.2 Å². The maximum atomic E-state index is 11.2. The Kier molecular flexibility index (Phi) is 3.85. The lowest BCUT2D eigenvalue weighted by Crippen LogP contribution is -2.34. The third-order valence-electron chi connectivity index (χ3n) is 3.32. The van der Waals surface area contributed by atoms with Crippen molar-refractivity contribution in [3.63, 3.8) is 0 Å². The normalized spacial score (nSPS) is 16.6. The molecule has 2 rings (SSSR count). The number of ether oxygens (including phenoxy) is 2. The Balaban J connectivity index is 2.72. The van der Waals surface area contributed by atoms with E-state index in [1.807, 2.05) is 26.8 Å². The SMILES string of the molecule is CCOc1cc(C=O)cc2c1OC(C)(C)C=C2C(C)(C)O. The smallest absolute Gasteiger partial charge is 0.170 e. The number of hydrogen-bond donors (Lipinski definition) is 1. The highest BCUT2D eigenvalue weighted by Crippen LogP contribution is 2.46. The van der Waals surface area contributed by atoms with Gasteiger partial charge in [0.25, 0.3) is 0 Å². The van der Waals surface area contributed by atoms with Crippen molar-refractivity contribution in [3.8, 4) is 11.5 Å². The molecule has 0 fully saturated rings. The van der Waals surface area contributed by atoms with Gasteiger partial charge in [-0.1, -0.05) is 0 Å². The van der Waals surface area contributed by atoms with E-state index in [9.17, 15) is 9.90 Å². The molecule has 0 bridgehead atoms. The Labute approximate surface area is 125 Å². The first-order valence-corrected chi connectivity index (χ1v) is 7.09. The standard InChI is InChI=1S/C17H22O4/c1-6-20-14-8-11(10-18)7-12-13(17(4,5)19)9-16(2,3)21-15(12)14/h7-10,19H,6H2,1-5H3.